The molecule has 1 aromatic heterocycles. The van der Waals surface area contributed by atoms with E-state index < -0.39 is 6.04 Å². The van der Waals surface area contributed by atoms with Gasteiger partial charge in [0.2, 0.25) is 5.95 Å². The summed E-state index contributed by atoms with van der Waals surface area (Å²) >= 11 is 0. The van der Waals surface area contributed by atoms with Crippen molar-refractivity contribution in [2.24, 2.45) is 0 Å². The van der Waals surface area contributed by atoms with Crippen LogP contribution in [0.3, 0.4) is 0 Å². The number of nitrogens with zero attached hydrogens (tertiary/aromatic N) is 3. The average molecular weight is 361 g/mol. The third-order valence-corrected chi connectivity index (χ3v) is 4.52. The first-order chi connectivity index (χ1) is 13.0. The van der Waals surface area contributed by atoms with Crippen LogP contribution in [-0.2, 0) is 4.79 Å². The van der Waals surface area contributed by atoms with Gasteiger partial charge in [0.25, 0.3) is 5.91 Å². The fraction of sp³-hybridized carbons (Fsp3) is 0.150. The average Bonchev–Trinajstić information content (AvgIpc) is 3.09. The van der Waals surface area contributed by atoms with E-state index >= 15 is 0 Å². The van der Waals surface area contributed by atoms with Crippen LogP contribution in [0, 0.1) is 6.92 Å². The second kappa shape index (κ2) is 6.60. The van der Waals surface area contributed by atoms with Gasteiger partial charge in [-0.05, 0) is 49.2 Å². The van der Waals surface area contributed by atoms with Crippen LogP contribution < -0.4 is 10.6 Å². The number of phenols is 1. The molecule has 1 aliphatic heterocycles. The van der Waals surface area contributed by atoms with Gasteiger partial charge >= 0.3 is 0 Å². The smallest absolute Gasteiger partial charge is 0.255 e. The Labute approximate surface area is 156 Å². The summed E-state index contributed by atoms with van der Waals surface area (Å²) in [5, 5.41) is 20.0. The van der Waals surface area contributed by atoms with E-state index in [0.29, 0.717) is 17.2 Å². The van der Waals surface area contributed by atoms with Crippen LogP contribution in [0.1, 0.15) is 24.1 Å². The molecule has 2 aromatic carbocycles. The van der Waals surface area contributed by atoms with E-state index in [0.717, 1.165) is 16.8 Å². The van der Waals surface area contributed by atoms with Crippen molar-refractivity contribution in [2.75, 3.05) is 10.6 Å². The second-order valence-electron chi connectivity index (χ2n) is 6.51. The lowest BCUT2D eigenvalue weighted by atomic mass is 9.95. The van der Waals surface area contributed by atoms with E-state index in [1.54, 1.807) is 28.9 Å². The van der Waals surface area contributed by atoms with Gasteiger partial charge in [-0.25, -0.2) is 4.68 Å². The van der Waals surface area contributed by atoms with E-state index in [1.165, 1.54) is 6.33 Å². The maximum absolute atomic E-state index is 13.2. The Bertz CT molecular complexity index is 1040. The van der Waals surface area contributed by atoms with Crippen LogP contribution in [0.5, 0.6) is 5.75 Å². The van der Waals surface area contributed by atoms with Crippen LogP contribution in [0.4, 0.5) is 11.6 Å². The highest BCUT2D eigenvalue weighted by Crippen LogP contribution is 2.35. The number of allylic oxidation sites excluding steroid dienone is 1. The molecule has 7 nitrogen and oxygen atoms in total. The number of benzene rings is 2. The Balaban J connectivity index is 1.76. The normalized spacial score (nSPS) is 15.9. The van der Waals surface area contributed by atoms with E-state index in [1.807, 2.05) is 38.1 Å². The number of hydrogen-bond acceptors (Lipinski definition) is 5. The molecular weight excluding hydrogens is 342 g/mol. The SMILES string of the molecule is CC1=C(C(=O)Nc2cccc(C)c2)C(c2ccc(O)cc2)n2ncnc2N1. The number of nitrogens with one attached hydrogen (secondary N) is 2. The van der Waals surface area contributed by atoms with Crippen LogP contribution in [0.2, 0.25) is 0 Å². The molecule has 0 radical (unpaired) electrons. The number of fused-ring (bicyclic) bond motifs is 1. The zero-order valence-corrected chi connectivity index (χ0v) is 15.0. The number of aryl methyl sites for hydroxylation is 1. The van der Waals surface area contributed by atoms with Crippen molar-refractivity contribution in [3.8, 4) is 5.75 Å². The van der Waals surface area contributed by atoms with Gasteiger partial charge < -0.3 is 15.7 Å². The fourth-order valence-electron chi connectivity index (χ4n) is 3.27. The van der Waals surface area contributed by atoms with Crippen LogP contribution in [0.15, 0.2) is 66.1 Å². The summed E-state index contributed by atoms with van der Waals surface area (Å²) in [6, 6.07) is 14.0. The van der Waals surface area contributed by atoms with Crippen molar-refractivity contribution in [1.82, 2.24) is 14.8 Å². The third-order valence-electron chi connectivity index (χ3n) is 4.52. The summed E-state index contributed by atoms with van der Waals surface area (Å²) in [7, 11) is 0. The Morgan fingerprint density at radius 2 is 1.96 bits per heavy atom. The molecule has 27 heavy (non-hydrogen) atoms. The largest absolute Gasteiger partial charge is 0.508 e. The van der Waals surface area contributed by atoms with Gasteiger partial charge in [-0.2, -0.15) is 10.1 Å². The predicted octanol–water partition coefficient (Wildman–Crippen LogP) is 3.22. The third kappa shape index (κ3) is 3.15. The van der Waals surface area contributed by atoms with E-state index in [4.69, 9.17) is 0 Å². The molecule has 0 saturated heterocycles. The number of carbonyl (C=O) groups is 1. The number of rotatable bonds is 3. The number of carbonyl (C=O) groups excluding carboxylic acids is 1. The Kier molecular flexibility index (Phi) is 4.12. The minimum Gasteiger partial charge on any atom is -0.508 e. The highest BCUT2D eigenvalue weighted by Gasteiger charge is 2.33. The maximum atomic E-state index is 13.2. The number of anilines is 2. The van der Waals surface area contributed by atoms with Crippen molar-refractivity contribution < 1.29 is 9.90 Å². The van der Waals surface area contributed by atoms with Gasteiger partial charge in [0.05, 0.1) is 5.57 Å². The molecule has 0 bridgehead atoms. The number of amides is 1. The summed E-state index contributed by atoms with van der Waals surface area (Å²) in [5.74, 6) is 0.514. The molecule has 1 atom stereocenters. The molecule has 7 heteroatoms. The van der Waals surface area contributed by atoms with Gasteiger partial charge in [-0.15, -0.1) is 0 Å². The molecule has 0 saturated carbocycles. The second-order valence-corrected chi connectivity index (χ2v) is 6.51. The molecule has 0 fully saturated rings. The Morgan fingerprint density at radius 1 is 1.19 bits per heavy atom. The number of aromatic nitrogens is 3. The molecule has 3 N–H and O–H groups in total. The lowest BCUT2D eigenvalue weighted by Crippen LogP contribution is -2.31. The monoisotopic (exact) mass is 361 g/mol. The summed E-state index contributed by atoms with van der Waals surface area (Å²) in [4.78, 5) is 17.4. The molecule has 3 aromatic rings. The number of phenolic OH excluding ortho intramolecular Hbond substituents is 1. The van der Waals surface area contributed by atoms with Crippen LogP contribution >= 0.6 is 0 Å². The summed E-state index contributed by atoms with van der Waals surface area (Å²) in [5.41, 5.74) is 3.87. The Morgan fingerprint density at radius 3 is 2.70 bits per heavy atom. The van der Waals surface area contributed by atoms with Gasteiger partial charge in [-0.3, -0.25) is 4.79 Å². The summed E-state index contributed by atoms with van der Waals surface area (Å²) < 4.78 is 1.67. The summed E-state index contributed by atoms with van der Waals surface area (Å²) in [6.07, 6.45) is 1.45. The molecule has 1 unspecified atom stereocenters. The van der Waals surface area contributed by atoms with E-state index in [-0.39, 0.29) is 11.7 Å². The summed E-state index contributed by atoms with van der Waals surface area (Å²) in [6.45, 7) is 3.82. The van der Waals surface area contributed by atoms with E-state index in [2.05, 4.69) is 20.7 Å². The molecule has 0 spiro atoms. The first-order valence-corrected chi connectivity index (χ1v) is 8.57. The fourth-order valence-corrected chi connectivity index (χ4v) is 3.27. The van der Waals surface area contributed by atoms with Crippen molar-refractivity contribution >= 4 is 17.5 Å². The van der Waals surface area contributed by atoms with Crippen LogP contribution in [0.25, 0.3) is 0 Å². The minimum absolute atomic E-state index is 0.165. The molecule has 0 aliphatic carbocycles. The van der Waals surface area contributed by atoms with Gasteiger partial charge in [0, 0.05) is 11.4 Å². The molecular formula is C20H19N5O2. The Hall–Kier alpha value is -3.61. The highest BCUT2D eigenvalue weighted by atomic mass is 16.3. The van der Waals surface area contributed by atoms with Crippen molar-refractivity contribution in [1.29, 1.82) is 0 Å². The lowest BCUT2D eigenvalue weighted by molar-refractivity contribution is -0.113. The number of hydrogen-bond donors (Lipinski definition) is 3. The quantitative estimate of drug-likeness (QED) is 0.666. The molecule has 136 valence electrons. The molecule has 4 rings (SSSR count). The van der Waals surface area contributed by atoms with E-state index in [9.17, 15) is 9.90 Å². The predicted molar refractivity (Wildman–Crippen MR) is 102 cm³/mol. The van der Waals surface area contributed by atoms with Crippen molar-refractivity contribution in [3.63, 3.8) is 0 Å². The first-order valence-electron chi connectivity index (χ1n) is 8.57. The maximum Gasteiger partial charge on any atom is 0.255 e. The molecule has 1 aliphatic rings. The lowest BCUT2D eigenvalue weighted by Gasteiger charge is -2.28. The van der Waals surface area contributed by atoms with Crippen LogP contribution in [-0.4, -0.2) is 25.8 Å². The molecule has 1 amide bonds. The highest BCUT2D eigenvalue weighted by molar-refractivity contribution is 6.06. The topological polar surface area (TPSA) is 92.1 Å². The molecule has 2 heterocycles. The van der Waals surface area contributed by atoms with Crippen molar-refractivity contribution in [3.05, 3.63) is 77.3 Å². The zero-order chi connectivity index (χ0) is 19.0. The first kappa shape index (κ1) is 16.8. The number of aromatic hydroxyl groups is 1. The van der Waals surface area contributed by atoms with Gasteiger partial charge in [-0.1, -0.05) is 24.3 Å². The van der Waals surface area contributed by atoms with Crippen molar-refractivity contribution in [2.45, 2.75) is 19.9 Å². The standard InChI is InChI=1S/C20H19N5O2/c1-12-4-3-5-15(10-12)24-19(27)17-13(2)23-20-21-11-22-25(20)18(17)14-6-8-16(26)9-7-14/h3-11,18,26H,1-2H3,(H,24,27)(H,21,22,23). The zero-order valence-electron chi connectivity index (χ0n) is 15.0. The van der Waals surface area contributed by atoms with Gasteiger partial charge in [0.15, 0.2) is 0 Å². The van der Waals surface area contributed by atoms with Gasteiger partial charge in [0.1, 0.15) is 18.1 Å². The minimum atomic E-state index is -0.450.